The van der Waals surface area contributed by atoms with Gasteiger partial charge < -0.3 is 9.64 Å². The highest BCUT2D eigenvalue weighted by molar-refractivity contribution is 5.97. The minimum atomic E-state index is -0.0478. The van der Waals surface area contributed by atoms with Crippen molar-refractivity contribution < 1.29 is 14.3 Å². The van der Waals surface area contributed by atoms with Gasteiger partial charge in [-0.3, -0.25) is 9.59 Å². The molecule has 1 unspecified atom stereocenters. The zero-order valence-corrected chi connectivity index (χ0v) is 14.7. The van der Waals surface area contributed by atoms with E-state index in [2.05, 4.69) is 13.0 Å². The number of ketones is 1. The van der Waals surface area contributed by atoms with E-state index in [9.17, 15) is 9.59 Å². The third kappa shape index (κ3) is 3.73. The number of hydrogen-bond acceptors (Lipinski definition) is 3. The highest BCUT2D eigenvalue weighted by Gasteiger charge is 2.28. The van der Waals surface area contributed by atoms with Crippen molar-refractivity contribution in [3.63, 3.8) is 0 Å². The minimum absolute atomic E-state index is 0.0141. The van der Waals surface area contributed by atoms with E-state index in [1.54, 1.807) is 24.3 Å². The van der Waals surface area contributed by atoms with Gasteiger partial charge in [-0.25, -0.2) is 0 Å². The predicted octanol–water partition coefficient (Wildman–Crippen LogP) is 4.03. The number of fused-ring (bicyclic) bond motifs is 1. The van der Waals surface area contributed by atoms with Gasteiger partial charge >= 0.3 is 0 Å². The monoisotopic (exact) mass is 337 g/mol. The number of carbonyl (C=O) groups excluding carboxylic acids is 2. The van der Waals surface area contributed by atoms with Crippen molar-refractivity contribution in [3.8, 4) is 5.75 Å². The minimum Gasteiger partial charge on any atom is -0.484 e. The summed E-state index contributed by atoms with van der Waals surface area (Å²) in [5.74, 6) is 0.647. The van der Waals surface area contributed by atoms with Crippen LogP contribution in [-0.4, -0.2) is 24.3 Å². The second-order valence-electron chi connectivity index (χ2n) is 6.37. The lowest BCUT2D eigenvalue weighted by Crippen LogP contribution is -2.44. The second-order valence-corrected chi connectivity index (χ2v) is 6.37. The predicted molar refractivity (Wildman–Crippen MR) is 98.3 cm³/mol. The first-order valence-corrected chi connectivity index (χ1v) is 8.76. The number of nitrogens with zero attached hydrogens (tertiary/aromatic N) is 1. The van der Waals surface area contributed by atoms with E-state index in [4.69, 9.17) is 4.74 Å². The molecule has 3 rings (SSSR count). The highest BCUT2D eigenvalue weighted by atomic mass is 16.5. The number of Topliss-reactive ketones (excluding diaryl/α,β-unsaturated/α-hetero) is 1. The topological polar surface area (TPSA) is 46.6 Å². The van der Waals surface area contributed by atoms with Crippen LogP contribution in [0, 0.1) is 0 Å². The van der Waals surface area contributed by atoms with Gasteiger partial charge in [-0.1, -0.05) is 25.1 Å². The van der Waals surface area contributed by atoms with Crippen LogP contribution in [0.25, 0.3) is 0 Å². The molecule has 1 heterocycles. The lowest BCUT2D eigenvalue weighted by atomic mass is 9.96. The lowest BCUT2D eigenvalue weighted by molar-refractivity contribution is -0.121. The Bertz CT molecular complexity index is 767. The van der Waals surface area contributed by atoms with Crippen LogP contribution in [-0.2, 0) is 11.2 Å². The van der Waals surface area contributed by atoms with Gasteiger partial charge in [0.15, 0.2) is 12.4 Å². The SMILES string of the molecule is CCC(=O)c1ccc(OCC(=O)N2c3ccccc3CCC2C)cc1. The Balaban J connectivity index is 1.67. The van der Waals surface area contributed by atoms with Gasteiger partial charge in [0.2, 0.25) is 0 Å². The fraction of sp³-hybridized carbons (Fsp3) is 0.333. The Labute approximate surface area is 148 Å². The van der Waals surface area contributed by atoms with Crippen molar-refractivity contribution in [1.82, 2.24) is 0 Å². The third-order valence-electron chi connectivity index (χ3n) is 4.65. The van der Waals surface area contributed by atoms with Crippen molar-refractivity contribution in [2.75, 3.05) is 11.5 Å². The zero-order valence-electron chi connectivity index (χ0n) is 14.7. The standard InChI is InChI=1S/C21H23NO3/c1-3-20(23)17-10-12-18(13-11-17)25-14-21(24)22-15(2)8-9-16-6-4-5-7-19(16)22/h4-7,10-13,15H,3,8-9,14H2,1-2H3. The lowest BCUT2D eigenvalue weighted by Gasteiger charge is -2.35. The number of hydrogen-bond donors (Lipinski definition) is 0. The van der Waals surface area contributed by atoms with E-state index >= 15 is 0 Å². The molecule has 0 saturated heterocycles. The van der Waals surface area contributed by atoms with Crippen molar-refractivity contribution >= 4 is 17.4 Å². The molecule has 1 amide bonds. The third-order valence-corrected chi connectivity index (χ3v) is 4.65. The van der Waals surface area contributed by atoms with Crippen LogP contribution in [0.5, 0.6) is 5.75 Å². The summed E-state index contributed by atoms with van der Waals surface area (Å²) in [6.45, 7) is 3.89. The molecule has 0 saturated carbocycles. The van der Waals surface area contributed by atoms with Gasteiger partial charge in [-0.2, -0.15) is 0 Å². The highest BCUT2D eigenvalue weighted by Crippen LogP contribution is 2.30. The van der Waals surface area contributed by atoms with Crippen molar-refractivity contribution in [2.24, 2.45) is 0 Å². The van der Waals surface area contributed by atoms with Gasteiger partial charge in [0.05, 0.1) is 0 Å². The summed E-state index contributed by atoms with van der Waals surface area (Å²) >= 11 is 0. The number of carbonyl (C=O) groups is 2. The molecule has 0 aliphatic carbocycles. The Morgan fingerprint density at radius 2 is 1.84 bits per heavy atom. The van der Waals surface area contributed by atoms with Crippen molar-refractivity contribution in [2.45, 2.75) is 39.2 Å². The van der Waals surface area contributed by atoms with E-state index in [0.717, 1.165) is 18.5 Å². The molecule has 1 aliphatic rings. The number of benzene rings is 2. The number of amides is 1. The van der Waals surface area contributed by atoms with Crippen molar-refractivity contribution in [1.29, 1.82) is 0 Å². The van der Waals surface area contributed by atoms with Gasteiger partial charge in [-0.05, 0) is 55.7 Å². The molecule has 2 aromatic rings. The maximum absolute atomic E-state index is 12.7. The second kappa shape index (κ2) is 7.51. The molecule has 4 nitrogen and oxygen atoms in total. The van der Waals surface area contributed by atoms with Crippen LogP contribution in [0.1, 0.15) is 42.6 Å². The number of aryl methyl sites for hydroxylation is 1. The van der Waals surface area contributed by atoms with E-state index in [1.807, 2.05) is 30.0 Å². The van der Waals surface area contributed by atoms with E-state index < -0.39 is 0 Å². The molecule has 4 heteroatoms. The molecule has 0 fully saturated rings. The summed E-state index contributed by atoms with van der Waals surface area (Å²) in [6, 6.07) is 15.2. The Hall–Kier alpha value is -2.62. The zero-order chi connectivity index (χ0) is 17.8. The van der Waals surface area contributed by atoms with Gasteiger partial charge in [-0.15, -0.1) is 0 Å². The fourth-order valence-corrected chi connectivity index (χ4v) is 3.22. The summed E-state index contributed by atoms with van der Waals surface area (Å²) in [6.07, 6.45) is 2.43. The van der Waals surface area contributed by atoms with Crippen LogP contribution >= 0.6 is 0 Å². The van der Waals surface area contributed by atoms with Crippen LogP contribution in [0.4, 0.5) is 5.69 Å². The summed E-state index contributed by atoms with van der Waals surface area (Å²) in [4.78, 5) is 26.2. The normalized spacial score (nSPS) is 16.2. The molecule has 0 aromatic heterocycles. The molecule has 25 heavy (non-hydrogen) atoms. The quantitative estimate of drug-likeness (QED) is 0.774. The number of rotatable bonds is 5. The average molecular weight is 337 g/mol. The summed E-state index contributed by atoms with van der Waals surface area (Å²) in [5.41, 5.74) is 2.86. The molecule has 0 spiro atoms. The maximum atomic E-state index is 12.7. The van der Waals surface area contributed by atoms with Crippen LogP contribution in [0.15, 0.2) is 48.5 Å². The van der Waals surface area contributed by atoms with Crippen LogP contribution in [0.2, 0.25) is 0 Å². The smallest absolute Gasteiger partial charge is 0.265 e. The summed E-state index contributed by atoms with van der Waals surface area (Å²) in [7, 11) is 0. The molecule has 1 aliphatic heterocycles. The van der Waals surface area contributed by atoms with Crippen molar-refractivity contribution in [3.05, 3.63) is 59.7 Å². The molecule has 0 radical (unpaired) electrons. The first-order chi connectivity index (χ1) is 12.1. The fourth-order valence-electron chi connectivity index (χ4n) is 3.22. The van der Waals surface area contributed by atoms with Gasteiger partial charge in [0, 0.05) is 23.7 Å². The van der Waals surface area contributed by atoms with Gasteiger partial charge in [0.1, 0.15) is 5.75 Å². The number of para-hydroxylation sites is 1. The maximum Gasteiger partial charge on any atom is 0.265 e. The van der Waals surface area contributed by atoms with Crippen LogP contribution in [0.3, 0.4) is 0 Å². The number of anilines is 1. The Kier molecular flexibility index (Phi) is 5.17. The van der Waals surface area contributed by atoms with E-state index in [1.165, 1.54) is 5.56 Å². The largest absolute Gasteiger partial charge is 0.484 e. The molecule has 0 N–H and O–H groups in total. The van der Waals surface area contributed by atoms with Gasteiger partial charge in [0.25, 0.3) is 5.91 Å². The molecule has 130 valence electrons. The van der Waals surface area contributed by atoms with Crippen LogP contribution < -0.4 is 9.64 Å². The summed E-state index contributed by atoms with van der Waals surface area (Å²) in [5, 5.41) is 0. The first kappa shape index (κ1) is 17.2. The molecule has 0 bridgehead atoms. The Morgan fingerprint density at radius 3 is 2.56 bits per heavy atom. The molecular weight excluding hydrogens is 314 g/mol. The average Bonchev–Trinajstić information content (AvgIpc) is 2.65. The number of ether oxygens (including phenoxy) is 1. The van der Waals surface area contributed by atoms with E-state index in [-0.39, 0.29) is 24.3 Å². The molecular formula is C21H23NO3. The Morgan fingerprint density at radius 1 is 1.12 bits per heavy atom. The first-order valence-electron chi connectivity index (χ1n) is 8.76. The molecule has 2 aromatic carbocycles. The summed E-state index contributed by atoms with van der Waals surface area (Å²) < 4.78 is 5.65. The van der Waals surface area contributed by atoms with E-state index in [0.29, 0.717) is 17.7 Å². The molecule has 1 atom stereocenters.